The van der Waals surface area contributed by atoms with E-state index < -0.39 is 0 Å². The molecule has 0 saturated heterocycles. The van der Waals surface area contributed by atoms with Gasteiger partial charge < -0.3 is 9.47 Å². The van der Waals surface area contributed by atoms with Crippen molar-refractivity contribution in [3.63, 3.8) is 0 Å². The topological polar surface area (TPSA) is 72.2 Å². The van der Waals surface area contributed by atoms with Crippen LogP contribution in [-0.4, -0.2) is 17.6 Å². The zero-order valence-corrected chi connectivity index (χ0v) is 12.9. The van der Waals surface area contributed by atoms with Gasteiger partial charge in [-0.05, 0) is 37.1 Å². The number of hydrogen-bond donors (Lipinski definition) is 0. The number of carbonyl (C=O) groups excluding carboxylic acids is 1. The molecule has 2 aliphatic rings. The molecule has 1 aromatic heterocycles. The molecule has 0 radical (unpaired) electrons. The van der Waals surface area contributed by atoms with Crippen LogP contribution >= 0.6 is 11.3 Å². The van der Waals surface area contributed by atoms with E-state index in [9.17, 15) is 10.1 Å². The Kier molecular flexibility index (Phi) is 3.36. The van der Waals surface area contributed by atoms with Crippen LogP contribution in [0.2, 0.25) is 0 Å². The number of rotatable bonds is 4. The molecule has 0 N–H and O–H groups in total. The van der Waals surface area contributed by atoms with Crippen LogP contribution in [0, 0.1) is 11.3 Å². The molecule has 6 heteroatoms. The molecule has 1 aliphatic carbocycles. The summed E-state index contributed by atoms with van der Waals surface area (Å²) >= 11 is 1.58. The molecule has 1 saturated carbocycles. The van der Waals surface area contributed by atoms with E-state index in [1.54, 1.807) is 35.6 Å². The molecule has 1 fully saturated rings. The SMILES string of the molecule is N#CC(=Cc1csc(C2CC2)n1)C(=O)c1ccc2c(c1)OCO2. The summed E-state index contributed by atoms with van der Waals surface area (Å²) in [6, 6.07) is 6.89. The lowest BCUT2D eigenvalue weighted by Crippen LogP contribution is -2.02. The largest absolute Gasteiger partial charge is 0.454 e. The predicted octanol–water partition coefficient (Wildman–Crippen LogP) is 3.54. The second-order valence-corrected chi connectivity index (χ2v) is 6.34. The first-order chi connectivity index (χ1) is 11.2. The van der Waals surface area contributed by atoms with Crippen LogP contribution in [0.1, 0.15) is 39.8 Å². The molecule has 23 heavy (non-hydrogen) atoms. The highest BCUT2D eigenvalue weighted by atomic mass is 32.1. The van der Waals surface area contributed by atoms with E-state index in [1.807, 2.05) is 11.4 Å². The summed E-state index contributed by atoms with van der Waals surface area (Å²) in [6.07, 6.45) is 3.91. The number of aromatic nitrogens is 1. The standard InChI is InChI=1S/C17H12N2O3S/c18-7-12(5-13-8-23-17(19-13)10-1-2-10)16(20)11-3-4-14-15(6-11)22-9-21-14/h3-6,8,10H,1-2,9H2. The smallest absolute Gasteiger partial charge is 0.231 e. The number of carbonyl (C=O) groups is 1. The van der Waals surface area contributed by atoms with Crippen molar-refractivity contribution >= 4 is 23.2 Å². The second kappa shape index (κ2) is 5.52. The van der Waals surface area contributed by atoms with Crippen molar-refractivity contribution in [3.8, 4) is 17.6 Å². The molecule has 0 unspecified atom stereocenters. The highest BCUT2D eigenvalue weighted by molar-refractivity contribution is 7.09. The van der Waals surface area contributed by atoms with E-state index in [1.165, 1.54) is 12.8 Å². The Morgan fingerprint density at radius 1 is 1.35 bits per heavy atom. The number of nitrogens with zero attached hydrogens (tertiary/aromatic N) is 2. The molecular formula is C17H12N2O3S. The van der Waals surface area contributed by atoms with E-state index in [4.69, 9.17) is 9.47 Å². The van der Waals surface area contributed by atoms with Crippen LogP contribution in [0.5, 0.6) is 11.5 Å². The third-order valence-electron chi connectivity index (χ3n) is 3.76. The number of hydrogen-bond acceptors (Lipinski definition) is 6. The fraction of sp³-hybridized carbons (Fsp3) is 0.235. The highest BCUT2D eigenvalue weighted by Gasteiger charge is 2.26. The maximum absolute atomic E-state index is 12.5. The lowest BCUT2D eigenvalue weighted by molar-refractivity contribution is 0.103. The van der Waals surface area contributed by atoms with Gasteiger partial charge in [-0.15, -0.1) is 11.3 Å². The van der Waals surface area contributed by atoms with Crippen LogP contribution in [0.15, 0.2) is 29.2 Å². The molecule has 1 aromatic carbocycles. The van der Waals surface area contributed by atoms with E-state index in [-0.39, 0.29) is 18.1 Å². The Morgan fingerprint density at radius 3 is 2.96 bits per heavy atom. The molecule has 1 aliphatic heterocycles. The maximum atomic E-state index is 12.5. The van der Waals surface area contributed by atoms with Crippen LogP contribution in [-0.2, 0) is 0 Å². The van der Waals surface area contributed by atoms with Gasteiger partial charge in [0.25, 0.3) is 0 Å². The number of thiazole rings is 1. The lowest BCUT2D eigenvalue weighted by atomic mass is 10.0. The van der Waals surface area contributed by atoms with Crippen LogP contribution in [0.25, 0.3) is 6.08 Å². The number of ketones is 1. The third kappa shape index (κ3) is 2.71. The summed E-state index contributed by atoms with van der Waals surface area (Å²) in [5.41, 5.74) is 1.14. The summed E-state index contributed by atoms with van der Waals surface area (Å²) in [6.45, 7) is 0.149. The summed E-state index contributed by atoms with van der Waals surface area (Å²) in [5, 5.41) is 12.3. The fourth-order valence-electron chi connectivity index (χ4n) is 2.37. The Morgan fingerprint density at radius 2 is 2.17 bits per heavy atom. The van der Waals surface area contributed by atoms with Crippen molar-refractivity contribution in [1.82, 2.24) is 4.98 Å². The summed E-state index contributed by atoms with van der Waals surface area (Å²) in [4.78, 5) is 17.0. The molecule has 0 amide bonds. The van der Waals surface area contributed by atoms with Crippen molar-refractivity contribution < 1.29 is 14.3 Å². The molecule has 2 heterocycles. The highest BCUT2D eigenvalue weighted by Crippen LogP contribution is 2.41. The minimum absolute atomic E-state index is 0.0662. The Hall–Kier alpha value is -2.65. The van der Waals surface area contributed by atoms with Gasteiger partial charge >= 0.3 is 0 Å². The van der Waals surface area contributed by atoms with E-state index >= 15 is 0 Å². The van der Waals surface area contributed by atoms with Gasteiger partial charge in [0.15, 0.2) is 11.5 Å². The first-order valence-corrected chi connectivity index (χ1v) is 8.14. The van der Waals surface area contributed by atoms with Crippen molar-refractivity contribution in [2.75, 3.05) is 6.79 Å². The number of Topliss-reactive ketones (excluding diaryl/α,β-unsaturated/α-hetero) is 1. The minimum atomic E-state index is -0.341. The molecule has 5 nitrogen and oxygen atoms in total. The van der Waals surface area contributed by atoms with Gasteiger partial charge in [0.2, 0.25) is 12.6 Å². The molecule has 2 aromatic rings. The van der Waals surface area contributed by atoms with Gasteiger partial charge in [-0.3, -0.25) is 4.79 Å². The monoisotopic (exact) mass is 324 g/mol. The van der Waals surface area contributed by atoms with E-state index in [0.717, 1.165) is 5.01 Å². The molecular weight excluding hydrogens is 312 g/mol. The average molecular weight is 324 g/mol. The van der Waals surface area contributed by atoms with Crippen LogP contribution in [0.4, 0.5) is 0 Å². The van der Waals surface area contributed by atoms with Crippen molar-refractivity contribution in [2.45, 2.75) is 18.8 Å². The zero-order valence-electron chi connectivity index (χ0n) is 12.1. The lowest BCUT2D eigenvalue weighted by Gasteiger charge is -2.01. The number of ether oxygens (including phenoxy) is 2. The summed E-state index contributed by atoms with van der Waals surface area (Å²) in [7, 11) is 0. The normalized spacial score (nSPS) is 16.2. The predicted molar refractivity (Wildman–Crippen MR) is 84.6 cm³/mol. The first kappa shape index (κ1) is 14.0. The average Bonchev–Trinajstić information content (AvgIpc) is 3.14. The van der Waals surface area contributed by atoms with Crippen molar-refractivity contribution in [3.05, 3.63) is 45.4 Å². The number of fused-ring (bicyclic) bond motifs is 1. The van der Waals surface area contributed by atoms with E-state index in [2.05, 4.69) is 4.98 Å². The van der Waals surface area contributed by atoms with Gasteiger partial charge in [-0.1, -0.05) is 0 Å². The Balaban J connectivity index is 1.61. The minimum Gasteiger partial charge on any atom is -0.454 e. The van der Waals surface area contributed by atoms with Crippen LogP contribution < -0.4 is 9.47 Å². The quantitative estimate of drug-likeness (QED) is 0.488. The fourth-order valence-corrected chi connectivity index (χ4v) is 3.32. The van der Waals surface area contributed by atoms with Gasteiger partial charge in [0.1, 0.15) is 11.6 Å². The van der Waals surface area contributed by atoms with Gasteiger partial charge in [-0.2, -0.15) is 5.26 Å². The Bertz CT molecular complexity index is 859. The summed E-state index contributed by atoms with van der Waals surface area (Å²) in [5.74, 6) is 1.36. The van der Waals surface area contributed by atoms with Crippen molar-refractivity contribution in [1.29, 1.82) is 5.26 Å². The van der Waals surface area contributed by atoms with Gasteiger partial charge in [-0.25, -0.2) is 4.98 Å². The number of nitriles is 1. The third-order valence-corrected chi connectivity index (χ3v) is 4.78. The molecule has 0 atom stereocenters. The summed E-state index contributed by atoms with van der Waals surface area (Å²) < 4.78 is 10.5. The van der Waals surface area contributed by atoms with Gasteiger partial charge in [0.05, 0.1) is 10.7 Å². The molecule has 4 rings (SSSR count). The maximum Gasteiger partial charge on any atom is 0.231 e. The number of benzene rings is 1. The first-order valence-electron chi connectivity index (χ1n) is 7.26. The molecule has 0 spiro atoms. The van der Waals surface area contributed by atoms with Crippen molar-refractivity contribution in [2.24, 2.45) is 0 Å². The zero-order chi connectivity index (χ0) is 15.8. The Labute approximate surface area is 136 Å². The van der Waals surface area contributed by atoms with Gasteiger partial charge in [0, 0.05) is 16.9 Å². The number of allylic oxidation sites excluding steroid dienone is 1. The molecule has 0 bridgehead atoms. The second-order valence-electron chi connectivity index (χ2n) is 5.45. The van der Waals surface area contributed by atoms with Crippen LogP contribution in [0.3, 0.4) is 0 Å². The van der Waals surface area contributed by atoms with E-state index in [0.29, 0.717) is 28.7 Å². The molecule has 114 valence electrons.